The molecule has 10 aliphatic rings. The number of ketones is 1. The summed E-state index contributed by atoms with van der Waals surface area (Å²) in [5, 5.41) is 59.8. The van der Waals surface area contributed by atoms with Gasteiger partial charge in [-0.3, -0.25) is 19.2 Å². The summed E-state index contributed by atoms with van der Waals surface area (Å²) < 4.78 is 81.7. The van der Waals surface area contributed by atoms with E-state index in [0.29, 0.717) is 44.0 Å². The second kappa shape index (κ2) is 28.2. The highest BCUT2D eigenvalue weighted by Crippen LogP contribution is 2.61. The van der Waals surface area contributed by atoms with Crippen molar-refractivity contribution in [3.05, 3.63) is 58.4 Å². The van der Waals surface area contributed by atoms with Crippen molar-refractivity contribution in [1.82, 2.24) is 5.32 Å². The van der Waals surface area contributed by atoms with Crippen LogP contribution in [0.3, 0.4) is 0 Å². The summed E-state index contributed by atoms with van der Waals surface area (Å²) in [6, 6.07) is -1.02. The largest absolute Gasteiger partial charge is 0.511 e. The van der Waals surface area contributed by atoms with Crippen LogP contribution in [-0.2, 0) is 85.6 Å². The molecule has 6 aliphatic heterocycles. The lowest BCUT2D eigenvalue weighted by Crippen LogP contribution is -2.61. The number of alkyl carbamates (subject to hydrolysis) is 1. The number of nitrogens with one attached hydrogen (secondary N) is 1. The van der Waals surface area contributed by atoms with Gasteiger partial charge in [-0.25, -0.2) is 9.59 Å². The lowest BCUT2D eigenvalue weighted by molar-refractivity contribution is -0.331. The van der Waals surface area contributed by atoms with E-state index in [9.17, 15) is 49.5 Å². The van der Waals surface area contributed by atoms with Crippen LogP contribution in [0.5, 0.6) is 0 Å². The Morgan fingerprint density at radius 2 is 1.32 bits per heavy atom. The van der Waals surface area contributed by atoms with Gasteiger partial charge in [-0.1, -0.05) is 50.6 Å². The van der Waals surface area contributed by atoms with Crippen LogP contribution in [0.25, 0.3) is 0 Å². The van der Waals surface area contributed by atoms with Crippen molar-refractivity contribution in [2.75, 3.05) is 7.11 Å². The third kappa shape index (κ3) is 14.0. The Morgan fingerprint density at radius 1 is 0.688 bits per heavy atom. The van der Waals surface area contributed by atoms with E-state index in [2.05, 4.69) is 25.2 Å². The fourth-order valence-electron chi connectivity index (χ4n) is 17.0. The van der Waals surface area contributed by atoms with Gasteiger partial charge in [0.2, 0.25) is 5.78 Å². The monoisotopic (exact) mass is 1310 g/mol. The number of carbonyl (C=O) groups excluding carboxylic acids is 5. The number of carboxylic acid groups (broad SMARTS) is 1. The maximum absolute atomic E-state index is 15.6. The van der Waals surface area contributed by atoms with E-state index >= 15 is 4.79 Å². The summed E-state index contributed by atoms with van der Waals surface area (Å²) in [5.74, 6) is -7.60. The molecule has 0 aromatic rings. The Kier molecular flexibility index (Phi) is 21.5. The van der Waals surface area contributed by atoms with Gasteiger partial charge in [-0.2, -0.15) is 0 Å². The fraction of sp³-hybridized carbons (Fsp3) is 0.765. The van der Waals surface area contributed by atoms with Crippen LogP contribution in [0.1, 0.15) is 147 Å². The minimum absolute atomic E-state index is 0.00628. The highest BCUT2D eigenvalue weighted by Gasteiger charge is 2.65. The SMILES string of the molecule is COC(=O)N[C@H]1[C@@H](C)O[C@@H](O[C@H]2C/C=C(\C)[C@@H]3C=C[C@@H]4[C@@H](O[C@H]5C[C@@H](O[C@H]6CC[C@@H](O[C@H]7C[C@@H](O)[C@@H](O[C@H]8CC[C@@H](O)[C@H](C)O8)[C@H](C)O7)[C@H](C)O6)[C@@H](OC(C)=O)[C@H](C)O5)[C@@H](C)C[C@H](C)[C@H]4[C@]3(C)C(O)=C3C(=O)OC4(CC(C=O)=C[C@H](O)[C@H]4C=C2C)C3=O)CC1(C)C(=O)O. The van der Waals surface area contributed by atoms with E-state index in [1.807, 2.05) is 39.8 Å². The molecule has 518 valence electrons. The number of allylic oxidation sites excluding steroid dienone is 3. The molecule has 10 rings (SSSR count). The van der Waals surface area contributed by atoms with Crippen LogP contribution in [0, 0.1) is 46.3 Å². The molecule has 25 heteroatoms. The van der Waals surface area contributed by atoms with Crippen LogP contribution in [0.4, 0.5) is 4.79 Å². The highest BCUT2D eigenvalue weighted by molar-refractivity contribution is 6.26. The first-order valence-electron chi connectivity index (χ1n) is 33.2. The van der Waals surface area contributed by atoms with Crippen LogP contribution >= 0.6 is 0 Å². The summed E-state index contributed by atoms with van der Waals surface area (Å²) in [4.78, 5) is 81.2. The zero-order chi connectivity index (χ0) is 67.5. The number of aliphatic hydroxyl groups excluding tert-OH is 4. The molecule has 6 saturated heterocycles. The number of aliphatic carboxylic acids is 1. The molecule has 29 atom stereocenters. The number of rotatable bonds is 14. The topological polar surface area (TPSA) is 336 Å². The molecule has 2 unspecified atom stereocenters. The average molecular weight is 1310 g/mol. The summed E-state index contributed by atoms with van der Waals surface area (Å²) >= 11 is 0. The van der Waals surface area contributed by atoms with E-state index in [-0.39, 0.29) is 43.1 Å². The number of carboxylic acids is 1. The lowest BCUT2D eigenvalue weighted by Gasteiger charge is -2.56. The number of methoxy groups -OCH3 is 1. The minimum Gasteiger partial charge on any atom is -0.511 e. The van der Waals surface area contributed by atoms with Gasteiger partial charge in [-0.15, -0.1) is 0 Å². The predicted molar refractivity (Wildman–Crippen MR) is 326 cm³/mol. The van der Waals surface area contributed by atoms with Crippen molar-refractivity contribution in [2.24, 2.45) is 46.3 Å². The van der Waals surface area contributed by atoms with E-state index in [4.69, 9.17) is 61.6 Å². The summed E-state index contributed by atoms with van der Waals surface area (Å²) in [5.41, 5.74) is -4.64. The molecule has 0 aromatic heterocycles. The Labute approximate surface area is 543 Å². The molecule has 1 amide bonds. The molecule has 93 heavy (non-hydrogen) atoms. The maximum Gasteiger partial charge on any atom is 0.407 e. The first-order chi connectivity index (χ1) is 43.9. The van der Waals surface area contributed by atoms with E-state index < -0.39 is 211 Å². The first-order valence-corrected chi connectivity index (χ1v) is 33.2. The zero-order valence-corrected chi connectivity index (χ0v) is 55.5. The number of Topliss-reactive ketones (excluding diaryl/α,β-unsaturated/α-hetero) is 1. The molecule has 25 nitrogen and oxygen atoms in total. The Morgan fingerprint density at radius 3 is 1.98 bits per heavy atom. The normalized spacial score (nSPS) is 46.8. The van der Waals surface area contributed by atoms with Crippen LogP contribution in [0.2, 0.25) is 0 Å². The number of fused-ring (bicyclic) bond motifs is 4. The second-order valence-corrected chi connectivity index (χ2v) is 28.3. The van der Waals surface area contributed by atoms with Crippen LogP contribution in [-0.4, -0.2) is 197 Å². The van der Waals surface area contributed by atoms with E-state index in [1.165, 1.54) is 27.0 Å². The number of esters is 2. The Hall–Kier alpha value is -5.00. The molecule has 4 aliphatic carbocycles. The molecule has 2 bridgehead atoms. The van der Waals surface area contributed by atoms with E-state index in [0.717, 1.165) is 5.57 Å². The van der Waals surface area contributed by atoms with Gasteiger partial charge in [0.05, 0.1) is 91.6 Å². The van der Waals surface area contributed by atoms with Gasteiger partial charge < -0.3 is 92.4 Å². The third-order valence-corrected chi connectivity index (χ3v) is 21.8. The summed E-state index contributed by atoms with van der Waals surface area (Å²) in [6.07, 6.45) is -3.74. The number of hydrogen-bond acceptors (Lipinski definition) is 23. The summed E-state index contributed by atoms with van der Waals surface area (Å²) in [6.45, 7) is 21.2. The van der Waals surface area contributed by atoms with Crippen LogP contribution < -0.4 is 5.32 Å². The van der Waals surface area contributed by atoms with Gasteiger partial charge >= 0.3 is 24.0 Å². The number of amides is 1. The fourth-order valence-corrected chi connectivity index (χ4v) is 17.0. The first kappa shape index (κ1) is 70.8. The maximum atomic E-state index is 15.6. The number of hydrogen-bond donors (Lipinski definition) is 6. The van der Waals surface area contributed by atoms with Crippen molar-refractivity contribution >= 4 is 36.1 Å². The molecule has 0 aromatic carbocycles. The van der Waals surface area contributed by atoms with Gasteiger partial charge in [0, 0.05) is 62.7 Å². The Balaban J connectivity index is 0.904. The van der Waals surface area contributed by atoms with Crippen molar-refractivity contribution < 1.29 is 116 Å². The van der Waals surface area contributed by atoms with Crippen molar-refractivity contribution in [3.8, 4) is 0 Å². The molecule has 1 saturated carbocycles. The van der Waals surface area contributed by atoms with Gasteiger partial charge in [-0.05, 0) is 116 Å². The molecular weight excluding hydrogens is 1210 g/mol. The van der Waals surface area contributed by atoms with Gasteiger partial charge in [0.25, 0.3) is 0 Å². The standard InChI is InChI=1S/C68H97NO24/c1-30-14-18-47(88-54-28-66(11,64(78)79)60(38(9)86-54)69-65(80)81-13)31(2)23-43-45(73)24-40(29-70)27-68(43)62(76)55(63(77)93-68)61(75)67(12)42(30)16-15-41-56(67)32(3)22-33(4)57(41)92-53-26-49(59(37(8)85-53)87-39(10)71)90-50-21-19-48(35(6)83-50)89-52-25-46(74)58(36(7)84-52)91-51-20-17-44(72)34(5)82-51/h14-16,23-24,29,32-38,41-54,56-60,72-75H,17-22,25-28H2,1-13H3,(H,69,80)(H,78,79)/b30-14+,31-23?,61-55?/t32-,33-,34-,35-,36-,37-,38+,41-,42-,43+,44+,45-,46+,47-,48+,49+,50-,51-,52-,53-,54-,56+,57-,58-,59-,60-,66?,67+,68?/m0/s1. The highest BCUT2D eigenvalue weighted by atomic mass is 16.8. The quantitative estimate of drug-likeness (QED) is 0.0359. The number of aldehydes is 1. The molecular formula is C68H97NO24. The molecule has 6 N–H and O–H groups in total. The van der Waals surface area contributed by atoms with Crippen molar-refractivity contribution in [3.63, 3.8) is 0 Å². The summed E-state index contributed by atoms with van der Waals surface area (Å²) in [7, 11) is 1.17. The number of aliphatic hydroxyl groups is 4. The molecule has 6 heterocycles. The van der Waals surface area contributed by atoms with Crippen molar-refractivity contribution in [2.45, 2.75) is 276 Å². The number of ether oxygens (including phenoxy) is 13. The molecule has 0 radical (unpaired) electrons. The second-order valence-electron chi connectivity index (χ2n) is 28.3. The Bertz CT molecular complexity index is 2950. The van der Waals surface area contributed by atoms with Gasteiger partial charge in [0.1, 0.15) is 29.8 Å². The smallest absolute Gasteiger partial charge is 0.407 e. The minimum atomic E-state index is -2.19. The van der Waals surface area contributed by atoms with Gasteiger partial charge in [0.15, 0.2) is 43.2 Å². The zero-order valence-electron chi connectivity index (χ0n) is 55.5. The van der Waals surface area contributed by atoms with Crippen LogP contribution in [0.15, 0.2) is 58.4 Å². The molecule has 1 spiro atoms. The third-order valence-electron chi connectivity index (χ3n) is 21.8. The molecule has 7 fully saturated rings. The predicted octanol–water partition coefficient (Wildman–Crippen LogP) is 6.42. The average Bonchev–Trinajstić information content (AvgIpc) is 1.68. The van der Waals surface area contributed by atoms with Crippen molar-refractivity contribution in [1.29, 1.82) is 0 Å². The number of carbonyl (C=O) groups is 6. The van der Waals surface area contributed by atoms with E-state index in [1.54, 1.807) is 33.8 Å². The lowest BCUT2D eigenvalue weighted by atomic mass is 9.49.